The number of hydrogen-bond donors (Lipinski definition) is 0. The number of benzene rings is 1. The summed E-state index contributed by atoms with van der Waals surface area (Å²) in [7, 11) is 0. The van der Waals surface area contributed by atoms with Crippen molar-refractivity contribution < 1.29 is 4.79 Å². The van der Waals surface area contributed by atoms with Gasteiger partial charge in [-0.3, -0.25) is 0 Å². The van der Waals surface area contributed by atoms with Crippen LogP contribution >= 0.6 is 23.5 Å². The molecular formula is C13H15NOS2. The van der Waals surface area contributed by atoms with Crippen molar-refractivity contribution >= 4 is 29.6 Å². The summed E-state index contributed by atoms with van der Waals surface area (Å²) in [5.74, 6) is 0. The van der Waals surface area contributed by atoms with Crippen molar-refractivity contribution in [3.8, 4) is 0 Å². The molecule has 0 heterocycles. The highest BCUT2D eigenvalue weighted by Gasteiger charge is 2.40. The fourth-order valence-electron chi connectivity index (χ4n) is 2.29. The van der Waals surface area contributed by atoms with E-state index in [-0.39, 0.29) is 5.54 Å². The van der Waals surface area contributed by atoms with Gasteiger partial charge in [0.2, 0.25) is 6.08 Å². The van der Waals surface area contributed by atoms with Crippen molar-refractivity contribution in [3.63, 3.8) is 0 Å². The lowest BCUT2D eigenvalue weighted by atomic mass is 9.72. The van der Waals surface area contributed by atoms with Crippen LogP contribution in [0.25, 0.3) is 0 Å². The highest BCUT2D eigenvalue weighted by Crippen LogP contribution is 2.49. The van der Waals surface area contributed by atoms with Gasteiger partial charge in [-0.2, -0.15) is 4.99 Å². The summed E-state index contributed by atoms with van der Waals surface area (Å²) >= 11 is 3.48. The van der Waals surface area contributed by atoms with Gasteiger partial charge in [0, 0.05) is 9.79 Å². The summed E-state index contributed by atoms with van der Waals surface area (Å²) in [6.07, 6.45) is 8.99. The van der Waals surface area contributed by atoms with E-state index < -0.39 is 0 Å². The largest absolute Gasteiger partial charge is 0.235 e. The molecule has 2 nitrogen and oxygen atoms in total. The Morgan fingerprint density at radius 1 is 1.29 bits per heavy atom. The highest BCUT2D eigenvalue weighted by atomic mass is 32.2. The average Bonchev–Trinajstić information content (AvgIpc) is 2.32. The Morgan fingerprint density at radius 3 is 2.53 bits per heavy atom. The lowest BCUT2D eigenvalue weighted by molar-refractivity contribution is 0.251. The second kappa shape index (κ2) is 5.30. The molecule has 2 rings (SSSR count). The van der Waals surface area contributed by atoms with E-state index in [9.17, 15) is 4.79 Å². The number of aliphatic imine (C=N–C) groups is 1. The number of nitrogens with zero attached hydrogens (tertiary/aromatic N) is 1. The van der Waals surface area contributed by atoms with Crippen molar-refractivity contribution in [1.29, 1.82) is 0 Å². The van der Waals surface area contributed by atoms with Gasteiger partial charge in [0.05, 0.1) is 5.54 Å². The lowest BCUT2D eigenvalue weighted by Crippen LogP contribution is -2.32. The molecule has 17 heavy (non-hydrogen) atoms. The Hall–Kier alpha value is -0.700. The minimum atomic E-state index is -0.286. The molecule has 0 atom stereocenters. The molecule has 0 N–H and O–H groups in total. The Labute approximate surface area is 110 Å². The highest BCUT2D eigenvalue weighted by molar-refractivity contribution is 8.01. The van der Waals surface area contributed by atoms with Crippen molar-refractivity contribution in [2.75, 3.05) is 12.5 Å². The van der Waals surface area contributed by atoms with Gasteiger partial charge in [0.25, 0.3) is 0 Å². The first-order valence-corrected chi connectivity index (χ1v) is 8.03. The molecule has 0 unspecified atom stereocenters. The van der Waals surface area contributed by atoms with Crippen LogP contribution in [0.3, 0.4) is 0 Å². The van der Waals surface area contributed by atoms with Crippen LogP contribution in [0, 0.1) is 0 Å². The maximum absolute atomic E-state index is 10.6. The molecule has 1 fully saturated rings. The molecule has 0 aromatic heterocycles. The van der Waals surface area contributed by atoms with E-state index in [0.29, 0.717) is 0 Å². The first-order valence-electron chi connectivity index (χ1n) is 5.58. The molecule has 0 aliphatic heterocycles. The second-order valence-corrected chi connectivity index (χ2v) is 5.79. The molecule has 0 saturated heterocycles. The summed E-state index contributed by atoms with van der Waals surface area (Å²) in [4.78, 5) is 17.3. The third kappa shape index (κ3) is 2.17. The van der Waals surface area contributed by atoms with Crippen LogP contribution in [-0.4, -0.2) is 18.6 Å². The second-order valence-electron chi connectivity index (χ2n) is 4.13. The third-order valence-electron chi connectivity index (χ3n) is 3.34. The van der Waals surface area contributed by atoms with Gasteiger partial charge in [-0.25, -0.2) is 4.79 Å². The predicted molar refractivity (Wildman–Crippen MR) is 73.7 cm³/mol. The summed E-state index contributed by atoms with van der Waals surface area (Å²) in [6.45, 7) is 0. The summed E-state index contributed by atoms with van der Waals surface area (Å²) < 4.78 is 0. The number of rotatable bonds is 4. The van der Waals surface area contributed by atoms with E-state index in [0.717, 1.165) is 19.3 Å². The summed E-state index contributed by atoms with van der Waals surface area (Å²) in [5, 5.41) is 0. The standard InChI is InChI=1S/C13H15NOS2/c1-16-11-6-3-5-10(12(11)17-2)13(14-9-15)7-4-8-13/h3,5-6H,4,7-8H2,1-2H3. The number of hydrogen-bond acceptors (Lipinski definition) is 4. The van der Waals surface area contributed by atoms with Crippen LogP contribution in [0.15, 0.2) is 33.0 Å². The molecule has 1 aliphatic carbocycles. The van der Waals surface area contributed by atoms with Gasteiger partial charge < -0.3 is 0 Å². The van der Waals surface area contributed by atoms with E-state index in [4.69, 9.17) is 0 Å². The fraction of sp³-hybridized carbons (Fsp3) is 0.462. The first kappa shape index (κ1) is 12.7. The number of thioether (sulfide) groups is 2. The van der Waals surface area contributed by atoms with E-state index >= 15 is 0 Å². The van der Waals surface area contributed by atoms with Gasteiger partial charge in [-0.15, -0.1) is 23.5 Å². The van der Waals surface area contributed by atoms with Crippen LogP contribution in [0.2, 0.25) is 0 Å². The van der Waals surface area contributed by atoms with Crippen molar-refractivity contribution in [1.82, 2.24) is 0 Å². The molecule has 4 heteroatoms. The summed E-state index contributed by atoms with van der Waals surface area (Å²) in [5.41, 5.74) is 0.915. The Morgan fingerprint density at radius 2 is 2.06 bits per heavy atom. The van der Waals surface area contributed by atoms with E-state index in [2.05, 4.69) is 35.7 Å². The van der Waals surface area contributed by atoms with E-state index in [1.807, 2.05) is 0 Å². The van der Waals surface area contributed by atoms with Crippen LogP contribution in [0.1, 0.15) is 24.8 Å². The first-order chi connectivity index (χ1) is 8.27. The van der Waals surface area contributed by atoms with Gasteiger partial charge >= 0.3 is 0 Å². The Kier molecular flexibility index (Phi) is 3.97. The molecule has 1 aromatic rings. The Balaban J connectivity index is 2.54. The van der Waals surface area contributed by atoms with Gasteiger partial charge in [-0.1, -0.05) is 12.1 Å². The van der Waals surface area contributed by atoms with Crippen molar-refractivity contribution in [2.45, 2.75) is 34.6 Å². The smallest absolute Gasteiger partial charge is 0.211 e. The van der Waals surface area contributed by atoms with Gasteiger partial charge in [0.1, 0.15) is 0 Å². The van der Waals surface area contributed by atoms with Crippen molar-refractivity contribution in [2.24, 2.45) is 4.99 Å². The predicted octanol–water partition coefficient (Wildman–Crippen LogP) is 3.85. The Bertz CT molecular complexity index is 462. The number of carbonyl (C=O) groups excluding carboxylic acids is 1. The third-order valence-corrected chi connectivity index (χ3v) is 5.10. The molecule has 0 bridgehead atoms. The maximum Gasteiger partial charge on any atom is 0.235 e. The summed E-state index contributed by atoms with van der Waals surface area (Å²) in [6, 6.07) is 6.28. The zero-order valence-corrected chi connectivity index (χ0v) is 11.7. The monoisotopic (exact) mass is 265 g/mol. The molecule has 90 valence electrons. The fourth-order valence-corrected chi connectivity index (χ4v) is 4.05. The lowest BCUT2D eigenvalue weighted by Gasteiger charge is -2.38. The molecule has 1 aromatic carbocycles. The molecule has 1 aliphatic rings. The molecular weight excluding hydrogens is 250 g/mol. The molecule has 0 radical (unpaired) electrons. The SMILES string of the molecule is CSc1cccc(C2(N=C=O)CCC2)c1SC. The molecule has 0 spiro atoms. The van der Waals surface area contributed by atoms with Crippen LogP contribution in [-0.2, 0) is 10.3 Å². The van der Waals surface area contributed by atoms with E-state index in [1.54, 1.807) is 29.6 Å². The zero-order valence-electron chi connectivity index (χ0n) is 10.0. The molecule has 0 amide bonds. The normalized spacial score (nSPS) is 17.1. The number of isocyanates is 1. The van der Waals surface area contributed by atoms with Crippen LogP contribution in [0.4, 0.5) is 0 Å². The quantitative estimate of drug-likeness (QED) is 0.470. The minimum Gasteiger partial charge on any atom is -0.211 e. The van der Waals surface area contributed by atoms with Gasteiger partial charge in [0.15, 0.2) is 0 Å². The van der Waals surface area contributed by atoms with Crippen molar-refractivity contribution in [3.05, 3.63) is 23.8 Å². The average molecular weight is 265 g/mol. The van der Waals surface area contributed by atoms with E-state index in [1.165, 1.54) is 15.4 Å². The van der Waals surface area contributed by atoms with Gasteiger partial charge in [-0.05, 0) is 43.4 Å². The minimum absolute atomic E-state index is 0.286. The molecule has 1 saturated carbocycles. The zero-order chi connectivity index (χ0) is 12.3. The van der Waals surface area contributed by atoms with Crippen LogP contribution in [0.5, 0.6) is 0 Å². The topological polar surface area (TPSA) is 29.4 Å². The van der Waals surface area contributed by atoms with Crippen LogP contribution < -0.4 is 0 Å². The maximum atomic E-state index is 10.6.